The van der Waals surface area contributed by atoms with Gasteiger partial charge in [-0.2, -0.15) is 0 Å². The maximum absolute atomic E-state index is 12.9. The van der Waals surface area contributed by atoms with Crippen LogP contribution >= 0.6 is 0 Å². The molecule has 0 saturated carbocycles. The predicted molar refractivity (Wildman–Crippen MR) is 110 cm³/mol. The standard InChI is InChI=1S/C23H40O5/c1-9-19-13(2)10-11-18(24)14(3)12-15(4)20-16(5)21(17(6)22(25)26-19)28-23(7,8)27-20/h10-11,13-21,24H,9,12H2,1-8H3/b11-10+/t13-,14-,15+,16-,17-,18?,19-,20+,21+/m1/s1. The third kappa shape index (κ3) is 5.37. The largest absolute Gasteiger partial charge is 0.461 e. The second kappa shape index (κ2) is 9.27. The minimum Gasteiger partial charge on any atom is -0.461 e. The number of carbonyl (C=O) groups is 1. The molecule has 0 aromatic heterocycles. The fourth-order valence-electron chi connectivity index (χ4n) is 4.69. The normalized spacial score (nSPS) is 46.3. The summed E-state index contributed by atoms with van der Waals surface area (Å²) in [7, 11) is 0. The van der Waals surface area contributed by atoms with Crippen LogP contribution in [-0.4, -0.2) is 41.3 Å². The molecule has 0 aliphatic carbocycles. The Balaban J connectivity index is 2.39. The van der Waals surface area contributed by atoms with Crippen LogP contribution in [0.5, 0.6) is 0 Å². The van der Waals surface area contributed by atoms with E-state index < -0.39 is 11.9 Å². The van der Waals surface area contributed by atoms with Crippen LogP contribution in [0.25, 0.3) is 0 Å². The first-order valence-electron chi connectivity index (χ1n) is 10.9. The van der Waals surface area contributed by atoms with E-state index in [9.17, 15) is 9.90 Å². The molecule has 2 aliphatic heterocycles. The molecule has 1 saturated heterocycles. The van der Waals surface area contributed by atoms with Crippen molar-refractivity contribution in [3.05, 3.63) is 12.2 Å². The Morgan fingerprint density at radius 1 is 1.04 bits per heavy atom. The minimum atomic E-state index is -0.763. The molecule has 5 nitrogen and oxygen atoms in total. The summed E-state index contributed by atoms with van der Waals surface area (Å²) in [6.45, 7) is 16.1. The first-order chi connectivity index (χ1) is 13.0. The van der Waals surface area contributed by atoms with Crippen molar-refractivity contribution in [1.29, 1.82) is 0 Å². The van der Waals surface area contributed by atoms with E-state index in [2.05, 4.69) is 20.8 Å². The fourth-order valence-corrected chi connectivity index (χ4v) is 4.69. The number of cyclic esters (lactones) is 1. The van der Waals surface area contributed by atoms with Crippen molar-refractivity contribution in [3.63, 3.8) is 0 Å². The Bertz CT molecular complexity index is 557. The van der Waals surface area contributed by atoms with Crippen molar-refractivity contribution in [1.82, 2.24) is 0 Å². The van der Waals surface area contributed by atoms with E-state index in [0.717, 1.165) is 12.8 Å². The van der Waals surface area contributed by atoms with Crippen LogP contribution in [0.2, 0.25) is 0 Å². The molecular weight excluding hydrogens is 356 g/mol. The molecule has 0 radical (unpaired) electrons. The maximum atomic E-state index is 12.9. The Morgan fingerprint density at radius 3 is 2.25 bits per heavy atom. The quantitative estimate of drug-likeness (QED) is 0.528. The minimum absolute atomic E-state index is 0.0422. The number of hydrogen-bond donors (Lipinski definition) is 1. The van der Waals surface area contributed by atoms with Crippen LogP contribution < -0.4 is 0 Å². The molecule has 1 fully saturated rings. The van der Waals surface area contributed by atoms with Crippen LogP contribution in [0.1, 0.15) is 68.2 Å². The van der Waals surface area contributed by atoms with Gasteiger partial charge >= 0.3 is 5.97 Å². The zero-order valence-corrected chi connectivity index (χ0v) is 18.8. The highest BCUT2D eigenvalue weighted by Crippen LogP contribution is 2.40. The first kappa shape index (κ1) is 23.4. The number of esters is 1. The van der Waals surface area contributed by atoms with Gasteiger partial charge in [-0.3, -0.25) is 4.79 Å². The summed E-state index contributed by atoms with van der Waals surface area (Å²) in [6, 6.07) is 0. The Kier molecular flexibility index (Phi) is 7.74. The second-order valence-electron chi connectivity index (χ2n) is 9.52. The lowest BCUT2D eigenvalue weighted by molar-refractivity contribution is -0.334. The highest BCUT2D eigenvalue weighted by Gasteiger charge is 2.47. The monoisotopic (exact) mass is 396 g/mol. The zero-order valence-electron chi connectivity index (χ0n) is 18.8. The van der Waals surface area contributed by atoms with E-state index >= 15 is 0 Å². The van der Waals surface area contributed by atoms with Gasteiger partial charge in [-0.25, -0.2) is 0 Å². The number of fused-ring (bicyclic) bond motifs is 2. The molecule has 2 heterocycles. The van der Waals surface area contributed by atoms with Crippen molar-refractivity contribution in [2.24, 2.45) is 29.6 Å². The zero-order chi connectivity index (χ0) is 21.2. The van der Waals surface area contributed by atoms with Gasteiger partial charge < -0.3 is 19.3 Å². The van der Waals surface area contributed by atoms with Gasteiger partial charge in [0, 0.05) is 11.8 Å². The molecule has 0 spiro atoms. The molecular formula is C23H40O5. The van der Waals surface area contributed by atoms with E-state index in [1.165, 1.54) is 0 Å². The average molecular weight is 397 g/mol. The smallest absolute Gasteiger partial charge is 0.311 e. The maximum Gasteiger partial charge on any atom is 0.311 e. The summed E-state index contributed by atoms with van der Waals surface area (Å²) in [5, 5.41) is 10.6. The highest BCUT2D eigenvalue weighted by molar-refractivity contribution is 5.73. The lowest BCUT2D eigenvalue weighted by Gasteiger charge is -2.48. The molecule has 2 bridgehead atoms. The topological polar surface area (TPSA) is 65.0 Å². The number of ether oxygens (including phenoxy) is 3. The second-order valence-corrected chi connectivity index (χ2v) is 9.52. The molecule has 2 aliphatic rings. The highest BCUT2D eigenvalue weighted by atomic mass is 16.7. The Morgan fingerprint density at radius 2 is 1.64 bits per heavy atom. The summed E-state index contributed by atoms with van der Waals surface area (Å²) < 4.78 is 18.4. The Labute approximate surface area is 170 Å². The van der Waals surface area contributed by atoms with Crippen molar-refractivity contribution in [3.8, 4) is 0 Å². The molecule has 0 aromatic rings. The molecule has 0 aromatic carbocycles. The van der Waals surface area contributed by atoms with Crippen LogP contribution in [0.3, 0.4) is 0 Å². The summed E-state index contributed by atoms with van der Waals surface area (Å²) in [5.74, 6) is -0.928. The van der Waals surface area contributed by atoms with E-state index in [0.29, 0.717) is 0 Å². The van der Waals surface area contributed by atoms with Gasteiger partial charge in [0.2, 0.25) is 0 Å². The predicted octanol–water partition coefficient (Wildman–Crippen LogP) is 4.33. The summed E-state index contributed by atoms with van der Waals surface area (Å²) in [4.78, 5) is 12.9. The fraction of sp³-hybridized carbons (Fsp3) is 0.870. The van der Waals surface area contributed by atoms with Crippen LogP contribution in [0, 0.1) is 29.6 Å². The molecule has 1 N–H and O–H groups in total. The van der Waals surface area contributed by atoms with Gasteiger partial charge in [-0.15, -0.1) is 0 Å². The van der Waals surface area contributed by atoms with Crippen molar-refractivity contribution in [2.75, 3.05) is 0 Å². The molecule has 162 valence electrons. The van der Waals surface area contributed by atoms with E-state index in [4.69, 9.17) is 14.2 Å². The number of carbonyl (C=O) groups excluding carboxylic acids is 1. The molecule has 5 heteroatoms. The van der Waals surface area contributed by atoms with Crippen LogP contribution in [-0.2, 0) is 19.0 Å². The molecule has 1 unspecified atom stereocenters. The summed E-state index contributed by atoms with van der Waals surface area (Å²) in [5.41, 5.74) is 0. The Hall–Kier alpha value is -0.910. The summed E-state index contributed by atoms with van der Waals surface area (Å²) in [6.07, 6.45) is 4.34. The lowest BCUT2D eigenvalue weighted by atomic mass is 9.78. The lowest BCUT2D eigenvalue weighted by Crippen LogP contribution is -2.55. The number of aliphatic hydroxyl groups excluding tert-OH is 1. The first-order valence-corrected chi connectivity index (χ1v) is 10.9. The third-order valence-electron chi connectivity index (χ3n) is 6.50. The number of hydrogen-bond acceptors (Lipinski definition) is 5. The molecule has 2 rings (SSSR count). The van der Waals surface area contributed by atoms with Crippen molar-refractivity contribution >= 4 is 5.97 Å². The van der Waals surface area contributed by atoms with Gasteiger partial charge in [-0.1, -0.05) is 46.8 Å². The molecule has 9 atom stereocenters. The van der Waals surface area contributed by atoms with Gasteiger partial charge in [-0.05, 0) is 45.4 Å². The van der Waals surface area contributed by atoms with Crippen LogP contribution in [0.4, 0.5) is 0 Å². The number of aliphatic hydroxyl groups is 1. The van der Waals surface area contributed by atoms with Gasteiger partial charge in [0.15, 0.2) is 5.79 Å². The molecule has 0 amide bonds. The average Bonchev–Trinajstić information content (AvgIpc) is 2.63. The number of rotatable bonds is 1. The van der Waals surface area contributed by atoms with Gasteiger partial charge in [0.05, 0.1) is 24.2 Å². The van der Waals surface area contributed by atoms with Gasteiger partial charge in [0.1, 0.15) is 6.10 Å². The van der Waals surface area contributed by atoms with Crippen molar-refractivity contribution in [2.45, 2.75) is 98.4 Å². The summed E-state index contributed by atoms with van der Waals surface area (Å²) >= 11 is 0. The van der Waals surface area contributed by atoms with E-state index in [-0.39, 0.29) is 53.9 Å². The van der Waals surface area contributed by atoms with Crippen molar-refractivity contribution < 1.29 is 24.1 Å². The van der Waals surface area contributed by atoms with E-state index in [1.807, 2.05) is 46.8 Å². The molecule has 28 heavy (non-hydrogen) atoms. The van der Waals surface area contributed by atoms with Gasteiger partial charge in [0.25, 0.3) is 0 Å². The van der Waals surface area contributed by atoms with E-state index in [1.54, 1.807) is 0 Å². The van der Waals surface area contributed by atoms with Crippen LogP contribution in [0.15, 0.2) is 12.2 Å². The SMILES string of the molecule is CC[C@H]1OC(=O)[C@H](C)[C@H]2OC(C)(C)O[C@H]([C@H]2C)[C@@H](C)C[C@@H](C)C(O)/C=C/[C@H]1C. The third-order valence-corrected chi connectivity index (χ3v) is 6.50.